The minimum Gasteiger partial charge on any atom is -0.497 e. The smallest absolute Gasteiger partial charge is 0.254 e. The summed E-state index contributed by atoms with van der Waals surface area (Å²) in [6.45, 7) is 2.97. The van der Waals surface area contributed by atoms with E-state index in [4.69, 9.17) is 4.74 Å². The van der Waals surface area contributed by atoms with Gasteiger partial charge in [0.05, 0.1) is 39.0 Å². The minimum atomic E-state index is -2.84. The van der Waals surface area contributed by atoms with Crippen molar-refractivity contribution in [2.45, 2.75) is 12.5 Å². The number of hydrogen-bond donors (Lipinski definition) is 1. The number of methoxy groups -OCH3 is 1. The number of carbonyl (C=O) groups is 1. The Hall–Kier alpha value is -1.60. The number of sulfone groups is 1. The van der Waals surface area contributed by atoms with Gasteiger partial charge in [0.2, 0.25) is 0 Å². The molecule has 0 saturated carbocycles. The van der Waals surface area contributed by atoms with Crippen LogP contribution in [0.3, 0.4) is 0 Å². The molecule has 0 aliphatic carbocycles. The standard InChI is InChI=1S/C16H22N2O4S/c1-22-15-4-2-3-13(11-15)16(19)18-8-6-17(7-9-18)14-5-10-23(20,21)12-14/h2-4,11,14H,5-10,12H2,1H3/p+1/t14-/m1/s1. The van der Waals surface area contributed by atoms with Crippen molar-refractivity contribution in [3.8, 4) is 5.75 Å². The van der Waals surface area contributed by atoms with E-state index in [1.807, 2.05) is 17.0 Å². The molecule has 0 aromatic heterocycles. The molecule has 0 unspecified atom stereocenters. The van der Waals surface area contributed by atoms with Gasteiger partial charge in [-0.1, -0.05) is 6.07 Å². The van der Waals surface area contributed by atoms with Crippen LogP contribution in [0.1, 0.15) is 16.8 Å². The van der Waals surface area contributed by atoms with Crippen LogP contribution in [0.25, 0.3) is 0 Å². The highest BCUT2D eigenvalue weighted by Gasteiger charge is 2.37. The molecule has 2 fully saturated rings. The normalized spacial score (nSPS) is 24.6. The second kappa shape index (κ2) is 6.49. The lowest BCUT2D eigenvalue weighted by molar-refractivity contribution is -0.925. The predicted molar refractivity (Wildman–Crippen MR) is 86.7 cm³/mol. The number of quaternary nitrogens is 1. The van der Waals surface area contributed by atoms with Crippen molar-refractivity contribution in [2.24, 2.45) is 0 Å². The van der Waals surface area contributed by atoms with E-state index < -0.39 is 9.84 Å². The van der Waals surface area contributed by atoms with Crippen LogP contribution in [0, 0.1) is 0 Å². The Morgan fingerprint density at radius 2 is 2.04 bits per heavy atom. The molecule has 0 radical (unpaired) electrons. The fourth-order valence-electron chi connectivity index (χ4n) is 3.46. The van der Waals surface area contributed by atoms with Crippen molar-refractivity contribution in [1.29, 1.82) is 0 Å². The van der Waals surface area contributed by atoms with Gasteiger partial charge in [-0.15, -0.1) is 0 Å². The van der Waals surface area contributed by atoms with Gasteiger partial charge >= 0.3 is 0 Å². The molecule has 1 amide bonds. The van der Waals surface area contributed by atoms with Crippen LogP contribution in [0.15, 0.2) is 24.3 Å². The van der Waals surface area contributed by atoms with Crippen LogP contribution < -0.4 is 9.64 Å². The number of nitrogens with zero attached hydrogens (tertiary/aromatic N) is 1. The average Bonchev–Trinajstić information content (AvgIpc) is 2.94. The molecule has 126 valence electrons. The summed E-state index contributed by atoms with van der Waals surface area (Å²) in [6.07, 6.45) is 0.751. The molecule has 1 N–H and O–H groups in total. The Labute approximate surface area is 136 Å². The molecule has 6 nitrogen and oxygen atoms in total. The van der Waals surface area contributed by atoms with Gasteiger partial charge < -0.3 is 14.5 Å². The largest absolute Gasteiger partial charge is 0.497 e. The zero-order chi connectivity index (χ0) is 16.4. The summed E-state index contributed by atoms with van der Waals surface area (Å²) in [5.74, 6) is 1.30. The van der Waals surface area contributed by atoms with Gasteiger partial charge in [0.15, 0.2) is 9.84 Å². The maximum absolute atomic E-state index is 12.6. The molecule has 1 aromatic rings. The Morgan fingerprint density at radius 1 is 1.30 bits per heavy atom. The second-order valence-electron chi connectivity index (χ2n) is 6.28. The van der Waals surface area contributed by atoms with Crippen molar-refractivity contribution in [2.75, 3.05) is 44.8 Å². The third-order valence-corrected chi connectivity index (χ3v) is 6.59. The van der Waals surface area contributed by atoms with Crippen LogP contribution in [0.5, 0.6) is 5.75 Å². The molecule has 1 aromatic carbocycles. The summed E-state index contributed by atoms with van der Waals surface area (Å²) in [4.78, 5) is 15.7. The number of rotatable bonds is 3. The Morgan fingerprint density at radius 3 is 2.65 bits per heavy atom. The fraction of sp³-hybridized carbons (Fsp3) is 0.562. The zero-order valence-electron chi connectivity index (χ0n) is 13.3. The third kappa shape index (κ3) is 3.67. The molecular formula is C16H23N2O4S+. The highest BCUT2D eigenvalue weighted by atomic mass is 32.2. The molecule has 2 aliphatic heterocycles. The van der Waals surface area contributed by atoms with Gasteiger partial charge in [-0.2, -0.15) is 0 Å². The van der Waals surface area contributed by atoms with E-state index in [0.29, 0.717) is 35.9 Å². The first-order chi connectivity index (χ1) is 11.0. The van der Waals surface area contributed by atoms with Crippen LogP contribution in [-0.4, -0.2) is 70.1 Å². The molecule has 2 heterocycles. The van der Waals surface area contributed by atoms with E-state index in [1.165, 1.54) is 4.90 Å². The van der Waals surface area contributed by atoms with Gasteiger partial charge in [-0.3, -0.25) is 4.79 Å². The molecule has 23 heavy (non-hydrogen) atoms. The van der Waals surface area contributed by atoms with Gasteiger partial charge in [-0.05, 0) is 18.2 Å². The summed E-state index contributed by atoms with van der Waals surface area (Å²) in [7, 11) is -1.26. The zero-order valence-corrected chi connectivity index (χ0v) is 14.1. The lowest BCUT2D eigenvalue weighted by Gasteiger charge is -2.35. The summed E-state index contributed by atoms with van der Waals surface area (Å²) in [5, 5.41) is 0. The van der Waals surface area contributed by atoms with Crippen LogP contribution in [0.2, 0.25) is 0 Å². The van der Waals surface area contributed by atoms with E-state index >= 15 is 0 Å². The monoisotopic (exact) mass is 339 g/mol. The Kier molecular flexibility index (Phi) is 4.59. The molecule has 3 rings (SSSR count). The first kappa shape index (κ1) is 16.3. The van der Waals surface area contributed by atoms with Gasteiger partial charge in [0.25, 0.3) is 5.91 Å². The topological polar surface area (TPSA) is 68.1 Å². The molecule has 1 atom stereocenters. The van der Waals surface area contributed by atoms with E-state index in [-0.39, 0.29) is 11.9 Å². The Balaban J connectivity index is 1.59. The average molecular weight is 339 g/mol. The van der Waals surface area contributed by atoms with Crippen molar-refractivity contribution >= 4 is 15.7 Å². The van der Waals surface area contributed by atoms with Gasteiger partial charge in [-0.25, -0.2) is 8.42 Å². The molecule has 0 spiro atoms. The van der Waals surface area contributed by atoms with Gasteiger partial charge in [0.1, 0.15) is 17.5 Å². The van der Waals surface area contributed by atoms with Crippen molar-refractivity contribution < 1.29 is 22.8 Å². The van der Waals surface area contributed by atoms with E-state index in [2.05, 4.69) is 0 Å². The summed E-state index contributed by atoms with van der Waals surface area (Å²) < 4.78 is 28.4. The van der Waals surface area contributed by atoms with E-state index in [9.17, 15) is 13.2 Å². The summed E-state index contributed by atoms with van der Waals surface area (Å²) in [6, 6.07) is 7.39. The van der Waals surface area contributed by atoms with E-state index in [1.54, 1.807) is 19.2 Å². The number of ether oxygens (including phenoxy) is 1. The summed E-state index contributed by atoms with van der Waals surface area (Å²) in [5.41, 5.74) is 0.635. The van der Waals surface area contributed by atoms with E-state index in [0.717, 1.165) is 19.5 Å². The maximum Gasteiger partial charge on any atom is 0.254 e. The van der Waals surface area contributed by atoms with Crippen LogP contribution in [0.4, 0.5) is 0 Å². The van der Waals surface area contributed by atoms with Crippen molar-refractivity contribution in [3.63, 3.8) is 0 Å². The van der Waals surface area contributed by atoms with Crippen molar-refractivity contribution in [3.05, 3.63) is 29.8 Å². The fourth-order valence-corrected chi connectivity index (χ4v) is 5.29. The number of amides is 1. The summed E-state index contributed by atoms with van der Waals surface area (Å²) >= 11 is 0. The van der Waals surface area contributed by atoms with Crippen LogP contribution in [-0.2, 0) is 9.84 Å². The number of benzene rings is 1. The number of carbonyl (C=O) groups excluding carboxylic acids is 1. The quantitative estimate of drug-likeness (QED) is 0.785. The maximum atomic E-state index is 12.6. The van der Waals surface area contributed by atoms with Crippen LogP contribution >= 0.6 is 0 Å². The lowest BCUT2D eigenvalue weighted by Crippen LogP contribution is -3.18. The number of nitrogens with one attached hydrogen (secondary N) is 1. The molecule has 2 saturated heterocycles. The molecule has 7 heteroatoms. The molecule has 2 aliphatic rings. The first-order valence-corrected chi connectivity index (χ1v) is 9.79. The molecular weight excluding hydrogens is 316 g/mol. The number of hydrogen-bond acceptors (Lipinski definition) is 4. The first-order valence-electron chi connectivity index (χ1n) is 7.97. The SMILES string of the molecule is COc1cccc(C(=O)N2CC[NH+]([C@@H]3CCS(=O)(=O)C3)CC2)c1. The highest BCUT2D eigenvalue weighted by Crippen LogP contribution is 2.15. The third-order valence-electron chi connectivity index (χ3n) is 4.82. The highest BCUT2D eigenvalue weighted by molar-refractivity contribution is 7.91. The van der Waals surface area contributed by atoms with Crippen molar-refractivity contribution in [1.82, 2.24) is 4.90 Å². The predicted octanol–water partition coefficient (Wildman–Crippen LogP) is -0.777. The Bertz CT molecular complexity index is 681. The number of piperazine rings is 1. The lowest BCUT2D eigenvalue weighted by atomic mass is 10.1. The molecule has 0 bridgehead atoms. The van der Waals surface area contributed by atoms with Gasteiger partial charge in [0, 0.05) is 12.0 Å². The second-order valence-corrected chi connectivity index (χ2v) is 8.51. The minimum absolute atomic E-state index is 0.0157.